The topological polar surface area (TPSA) is 94.1 Å². The summed E-state index contributed by atoms with van der Waals surface area (Å²) in [7, 11) is 3.11. The first-order chi connectivity index (χ1) is 16.5. The van der Waals surface area contributed by atoms with Gasteiger partial charge in [0.2, 0.25) is 0 Å². The lowest BCUT2D eigenvalue weighted by Crippen LogP contribution is -2.36. The van der Waals surface area contributed by atoms with Crippen molar-refractivity contribution < 1.29 is 23.8 Å². The molecule has 0 unspecified atom stereocenters. The third-order valence-corrected chi connectivity index (χ3v) is 5.70. The molecule has 0 aliphatic carbocycles. The number of methoxy groups -OCH3 is 2. The molecule has 0 bridgehead atoms. The van der Waals surface area contributed by atoms with Gasteiger partial charge in [-0.05, 0) is 37.6 Å². The summed E-state index contributed by atoms with van der Waals surface area (Å²) in [6.07, 6.45) is 0.712. The number of rotatable bonds is 6. The SMILES string of the molecule is CCOC(=O)c1nc2ccccc2nc1N1CCCN(C(=O)c2cc(OC)cc(OC)c2)CC1. The van der Waals surface area contributed by atoms with Crippen LogP contribution < -0.4 is 14.4 Å². The summed E-state index contributed by atoms with van der Waals surface area (Å²) in [5.74, 6) is 0.995. The lowest BCUT2D eigenvalue weighted by Gasteiger charge is -2.24. The quantitative estimate of drug-likeness (QED) is 0.514. The first-order valence-electron chi connectivity index (χ1n) is 11.2. The molecule has 1 fully saturated rings. The van der Waals surface area contributed by atoms with E-state index in [1.54, 1.807) is 44.2 Å². The lowest BCUT2D eigenvalue weighted by atomic mass is 10.1. The highest BCUT2D eigenvalue weighted by molar-refractivity contribution is 5.96. The van der Waals surface area contributed by atoms with Gasteiger partial charge in [-0.25, -0.2) is 14.8 Å². The summed E-state index contributed by atoms with van der Waals surface area (Å²) >= 11 is 0. The first-order valence-corrected chi connectivity index (χ1v) is 11.2. The van der Waals surface area contributed by atoms with E-state index in [2.05, 4.69) is 4.98 Å². The average Bonchev–Trinajstić information content (AvgIpc) is 3.13. The van der Waals surface area contributed by atoms with Gasteiger partial charge in [0.25, 0.3) is 5.91 Å². The van der Waals surface area contributed by atoms with Gasteiger partial charge in [0.1, 0.15) is 11.5 Å². The van der Waals surface area contributed by atoms with Gasteiger partial charge in [0.05, 0.1) is 31.9 Å². The van der Waals surface area contributed by atoms with Gasteiger partial charge in [0.15, 0.2) is 11.5 Å². The second kappa shape index (κ2) is 10.4. The van der Waals surface area contributed by atoms with E-state index < -0.39 is 5.97 Å². The third-order valence-electron chi connectivity index (χ3n) is 5.70. The monoisotopic (exact) mass is 464 g/mol. The third kappa shape index (κ3) is 4.88. The molecular weight excluding hydrogens is 436 g/mol. The number of esters is 1. The molecule has 3 aromatic rings. The predicted octanol–water partition coefficient (Wildman–Crippen LogP) is 3.18. The molecule has 9 nitrogen and oxygen atoms in total. The summed E-state index contributed by atoms with van der Waals surface area (Å²) in [5.41, 5.74) is 2.03. The van der Waals surface area contributed by atoms with Crippen molar-refractivity contribution in [2.24, 2.45) is 0 Å². The summed E-state index contributed by atoms with van der Waals surface area (Å²) in [6.45, 7) is 4.19. The Kier molecular flexibility index (Phi) is 7.10. The smallest absolute Gasteiger partial charge is 0.360 e. The molecule has 1 aliphatic heterocycles. The zero-order chi connectivity index (χ0) is 24.1. The van der Waals surface area contributed by atoms with E-state index in [0.717, 1.165) is 0 Å². The van der Waals surface area contributed by atoms with Crippen LogP contribution in [0.25, 0.3) is 11.0 Å². The molecule has 2 heterocycles. The van der Waals surface area contributed by atoms with E-state index in [4.69, 9.17) is 19.2 Å². The van der Waals surface area contributed by atoms with Crippen LogP contribution in [0.15, 0.2) is 42.5 Å². The minimum Gasteiger partial charge on any atom is -0.497 e. The molecule has 1 aromatic heterocycles. The molecule has 0 radical (unpaired) electrons. The molecule has 1 aliphatic rings. The number of aromatic nitrogens is 2. The van der Waals surface area contributed by atoms with Gasteiger partial charge in [-0.2, -0.15) is 0 Å². The standard InChI is InChI=1S/C25H28N4O5/c1-4-34-25(31)22-23(27-21-9-6-5-8-20(21)26-22)28-10-7-11-29(13-12-28)24(30)17-14-18(32-2)16-19(15-17)33-3/h5-6,8-9,14-16H,4,7,10-13H2,1-3H3. The van der Waals surface area contributed by atoms with E-state index in [0.29, 0.717) is 66.5 Å². The number of carbonyl (C=O) groups excluding carboxylic acids is 2. The minimum atomic E-state index is -0.503. The van der Waals surface area contributed by atoms with Gasteiger partial charge >= 0.3 is 5.97 Å². The number of benzene rings is 2. The highest BCUT2D eigenvalue weighted by atomic mass is 16.5. The van der Waals surface area contributed by atoms with E-state index in [1.807, 2.05) is 29.2 Å². The molecule has 1 saturated heterocycles. The molecule has 178 valence electrons. The Balaban J connectivity index is 1.59. The zero-order valence-electron chi connectivity index (χ0n) is 19.6. The Morgan fingerprint density at radius 3 is 2.24 bits per heavy atom. The van der Waals surface area contributed by atoms with Crippen LogP contribution in [0.3, 0.4) is 0 Å². The van der Waals surface area contributed by atoms with Crippen LogP contribution in [0.5, 0.6) is 11.5 Å². The number of hydrogen-bond acceptors (Lipinski definition) is 8. The van der Waals surface area contributed by atoms with E-state index in [-0.39, 0.29) is 18.2 Å². The molecule has 0 saturated carbocycles. The van der Waals surface area contributed by atoms with Gasteiger partial charge in [-0.1, -0.05) is 12.1 Å². The number of fused-ring (bicyclic) bond motifs is 1. The molecule has 0 atom stereocenters. The number of anilines is 1. The molecular formula is C25H28N4O5. The van der Waals surface area contributed by atoms with Gasteiger partial charge < -0.3 is 24.0 Å². The van der Waals surface area contributed by atoms with Gasteiger partial charge in [-0.3, -0.25) is 4.79 Å². The number of hydrogen-bond donors (Lipinski definition) is 0. The van der Waals surface area contributed by atoms with Crippen LogP contribution in [0.2, 0.25) is 0 Å². The highest BCUT2D eigenvalue weighted by Gasteiger charge is 2.26. The summed E-state index contributed by atoms with van der Waals surface area (Å²) in [4.78, 5) is 39.0. The lowest BCUT2D eigenvalue weighted by molar-refractivity contribution is 0.0520. The van der Waals surface area contributed by atoms with Crippen LogP contribution in [0.4, 0.5) is 5.82 Å². The predicted molar refractivity (Wildman–Crippen MR) is 128 cm³/mol. The molecule has 9 heteroatoms. The van der Waals surface area contributed by atoms with E-state index in [1.165, 1.54) is 0 Å². The first kappa shape index (κ1) is 23.3. The normalized spacial score (nSPS) is 14.0. The van der Waals surface area contributed by atoms with Crippen LogP contribution in [0.1, 0.15) is 34.2 Å². The van der Waals surface area contributed by atoms with Crippen molar-refractivity contribution in [2.75, 3.05) is 51.9 Å². The minimum absolute atomic E-state index is 0.103. The van der Waals surface area contributed by atoms with Crippen molar-refractivity contribution in [3.05, 3.63) is 53.7 Å². The second-order valence-corrected chi connectivity index (χ2v) is 7.84. The summed E-state index contributed by atoms with van der Waals surface area (Å²) in [5, 5.41) is 0. The fraction of sp³-hybridized carbons (Fsp3) is 0.360. The van der Waals surface area contributed by atoms with Crippen molar-refractivity contribution in [1.82, 2.24) is 14.9 Å². The van der Waals surface area contributed by atoms with E-state index >= 15 is 0 Å². The fourth-order valence-electron chi connectivity index (χ4n) is 3.99. The van der Waals surface area contributed by atoms with E-state index in [9.17, 15) is 9.59 Å². The Labute approximate surface area is 198 Å². The number of amides is 1. The second-order valence-electron chi connectivity index (χ2n) is 7.84. The van der Waals surface area contributed by atoms with Crippen LogP contribution >= 0.6 is 0 Å². The van der Waals surface area contributed by atoms with Crippen molar-refractivity contribution in [3.8, 4) is 11.5 Å². The molecule has 34 heavy (non-hydrogen) atoms. The van der Waals surface area contributed by atoms with Crippen LogP contribution in [-0.4, -0.2) is 73.7 Å². The van der Waals surface area contributed by atoms with Gasteiger partial charge in [-0.15, -0.1) is 0 Å². The maximum atomic E-state index is 13.3. The largest absolute Gasteiger partial charge is 0.497 e. The molecule has 0 N–H and O–H groups in total. The van der Waals surface area contributed by atoms with Crippen LogP contribution in [-0.2, 0) is 4.74 Å². The van der Waals surface area contributed by atoms with Crippen molar-refractivity contribution >= 4 is 28.7 Å². The number of ether oxygens (including phenoxy) is 3. The van der Waals surface area contributed by atoms with Gasteiger partial charge in [0, 0.05) is 37.8 Å². The number of carbonyl (C=O) groups is 2. The maximum absolute atomic E-state index is 13.3. The fourth-order valence-corrected chi connectivity index (χ4v) is 3.99. The molecule has 4 rings (SSSR count). The molecule has 0 spiro atoms. The van der Waals surface area contributed by atoms with Crippen molar-refractivity contribution in [1.29, 1.82) is 0 Å². The molecule has 2 aromatic carbocycles. The highest BCUT2D eigenvalue weighted by Crippen LogP contribution is 2.26. The number of nitrogens with zero attached hydrogens (tertiary/aromatic N) is 4. The maximum Gasteiger partial charge on any atom is 0.360 e. The molecule has 1 amide bonds. The Morgan fingerprint density at radius 2 is 1.59 bits per heavy atom. The Bertz CT molecular complexity index is 1180. The Morgan fingerprint density at radius 1 is 0.912 bits per heavy atom. The zero-order valence-corrected chi connectivity index (χ0v) is 19.6. The van der Waals surface area contributed by atoms with Crippen molar-refractivity contribution in [2.45, 2.75) is 13.3 Å². The average molecular weight is 465 g/mol. The summed E-state index contributed by atoms with van der Waals surface area (Å²) in [6, 6.07) is 12.6. The summed E-state index contributed by atoms with van der Waals surface area (Å²) < 4.78 is 15.9. The van der Waals surface area contributed by atoms with Crippen molar-refractivity contribution in [3.63, 3.8) is 0 Å². The number of para-hydroxylation sites is 2. The Hall–Kier alpha value is -3.88. The van der Waals surface area contributed by atoms with Crippen LogP contribution in [0, 0.1) is 0 Å².